The van der Waals surface area contributed by atoms with Crippen LogP contribution in [0, 0.1) is 11.7 Å². The van der Waals surface area contributed by atoms with Crippen LogP contribution in [-0.2, 0) is 4.79 Å². The van der Waals surface area contributed by atoms with E-state index in [1.54, 1.807) is 30.9 Å². The first kappa shape index (κ1) is 30.4. The maximum atomic E-state index is 14.7. The first-order valence-corrected chi connectivity index (χ1v) is 15.6. The quantitative estimate of drug-likeness (QED) is 0.163. The Morgan fingerprint density at radius 3 is 2.72 bits per heavy atom. The van der Waals surface area contributed by atoms with Crippen LogP contribution in [0.5, 0.6) is 5.75 Å². The lowest BCUT2D eigenvalue weighted by molar-refractivity contribution is -0.117. The highest BCUT2D eigenvalue weighted by atomic mass is 19.1. The summed E-state index contributed by atoms with van der Waals surface area (Å²) < 4.78 is 20.5. The number of rotatable bonds is 10. The average Bonchev–Trinajstić information content (AvgIpc) is 3.69. The fraction of sp³-hybridized carbons (Fsp3) is 0.294. The fourth-order valence-electron chi connectivity index (χ4n) is 5.86. The summed E-state index contributed by atoms with van der Waals surface area (Å²) in [4.78, 5) is 36.4. The number of halogens is 1. The molecule has 6 aromatic rings. The molecule has 6 heterocycles. The van der Waals surface area contributed by atoms with E-state index in [1.807, 2.05) is 37.2 Å². The minimum atomic E-state index is -0.422. The van der Waals surface area contributed by atoms with Crippen LogP contribution in [0.25, 0.3) is 56.0 Å². The molecule has 0 unspecified atom stereocenters. The predicted molar refractivity (Wildman–Crippen MR) is 178 cm³/mol. The van der Waals surface area contributed by atoms with Crippen LogP contribution in [0.15, 0.2) is 61.2 Å². The van der Waals surface area contributed by atoms with Gasteiger partial charge in [-0.25, -0.2) is 14.4 Å². The van der Waals surface area contributed by atoms with Gasteiger partial charge in [-0.05, 0) is 76.3 Å². The van der Waals surface area contributed by atoms with E-state index in [-0.39, 0.29) is 5.91 Å². The third kappa shape index (κ3) is 6.81. The van der Waals surface area contributed by atoms with Crippen molar-refractivity contribution in [2.75, 3.05) is 45.7 Å². The van der Waals surface area contributed by atoms with Gasteiger partial charge in [0.05, 0.1) is 28.5 Å². The van der Waals surface area contributed by atoms with Gasteiger partial charge in [-0.3, -0.25) is 19.9 Å². The van der Waals surface area contributed by atoms with E-state index < -0.39 is 5.82 Å². The first-order chi connectivity index (χ1) is 22.9. The van der Waals surface area contributed by atoms with Crippen LogP contribution in [-0.4, -0.2) is 86.3 Å². The highest BCUT2D eigenvalue weighted by Crippen LogP contribution is 2.33. The number of anilines is 1. The number of imidazole rings is 1. The molecule has 1 aromatic carbocycles. The van der Waals surface area contributed by atoms with Gasteiger partial charge < -0.3 is 25.3 Å². The minimum Gasteiger partial charge on any atom is -0.492 e. The normalized spacial score (nSPS) is 13.9. The molecule has 0 spiro atoms. The largest absolute Gasteiger partial charge is 0.492 e. The molecule has 4 N–H and O–H groups in total. The topological polar surface area (TPSA) is 150 Å². The summed E-state index contributed by atoms with van der Waals surface area (Å²) in [5.41, 5.74) is 5.78. The number of nitrogens with one attached hydrogen (secondary N) is 4. The third-order valence-electron chi connectivity index (χ3n) is 8.28. The Labute approximate surface area is 270 Å². The summed E-state index contributed by atoms with van der Waals surface area (Å²) in [5, 5.41) is 14.6. The molecule has 47 heavy (non-hydrogen) atoms. The van der Waals surface area contributed by atoms with E-state index in [4.69, 9.17) is 9.72 Å². The number of aromatic amines is 2. The average molecular weight is 635 g/mol. The van der Waals surface area contributed by atoms with Gasteiger partial charge in [0.2, 0.25) is 5.91 Å². The van der Waals surface area contributed by atoms with Crippen molar-refractivity contribution in [1.29, 1.82) is 0 Å². The molecule has 0 aliphatic carbocycles. The Morgan fingerprint density at radius 2 is 1.87 bits per heavy atom. The van der Waals surface area contributed by atoms with Crippen LogP contribution < -0.4 is 15.4 Å². The van der Waals surface area contributed by atoms with Crippen molar-refractivity contribution in [2.45, 2.75) is 19.3 Å². The molecule has 13 heteroatoms. The van der Waals surface area contributed by atoms with E-state index >= 15 is 0 Å². The number of fused-ring (bicyclic) bond motifs is 2. The van der Waals surface area contributed by atoms with Gasteiger partial charge in [0.25, 0.3) is 0 Å². The molecule has 1 saturated heterocycles. The number of carbonyl (C=O) groups excluding carboxylic acids is 1. The molecule has 1 fully saturated rings. The molecule has 1 amide bonds. The smallest absolute Gasteiger partial charge is 0.224 e. The number of hydrogen-bond donors (Lipinski definition) is 4. The van der Waals surface area contributed by atoms with Crippen molar-refractivity contribution >= 4 is 33.7 Å². The van der Waals surface area contributed by atoms with Crippen LogP contribution >= 0.6 is 0 Å². The van der Waals surface area contributed by atoms with Gasteiger partial charge in [-0.15, -0.1) is 0 Å². The van der Waals surface area contributed by atoms with E-state index in [0.29, 0.717) is 70.9 Å². The maximum absolute atomic E-state index is 14.7. The zero-order chi connectivity index (χ0) is 32.3. The molecule has 0 radical (unpaired) electrons. The van der Waals surface area contributed by atoms with Gasteiger partial charge >= 0.3 is 0 Å². The maximum Gasteiger partial charge on any atom is 0.224 e. The highest BCUT2D eigenvalue weighted by Gasteiger charge is 2.19. The summed E-state index contributed by atoms with van der Waals surface area (Å²) in [6.07, 6.45) is 9.29. The SMILES string of the molecule is CN(C)CCOc1cc(F)cc(-c2nccc3[nH]c(-c4n[nH]c5ncc(-c6cncc(NC(=O)CC7CCNCC7)c6)cc45)nc23)c1. The molecule has 0 atom stereocenters. The van der Waals surface area contributed by atoms with Crippen molar-refractivity contribution in [1.82, 2.24) is 45.3 Å². The number of pyridine rings is 3. The Balaban J connectivity index is 1.16. The Kier molecular flexibility index (Phi) is 8.55. The monoisotopic (exact) mass is 634 g/mol. The minimum absolute atomic E-state index is 0.00777. The van der Waals surface area contributed by atoms with Gasteiger partial charge in [0.1, 0.15) is 29.4 Å². The molecule has 240 valence electrons. The molecular formula is C34H35FN10O2. The molecule has 1 aliphatic heterocycles. The van der Waals surface area contributed by atoms with Gasteiger partial charge in [0, 0.05) is 54.3 Å². The zero-order valence-corrected chi connectivity index (χ0v) is 26.2. The summed E-state index contributed by atoms with van der Waals surface area (Å²) in [5.74, 6) is 0.894. The van der Waals surface area contributed by atoms with Crippen LogP contribution in [0.1, 0.15) is 19.3 Å². The second-order valence-electron chi connectivity index (χ2n) is 12.1. The van der Waals surface area contributed by atoms with E-state index in [9.17, 15) is 9.18 Å². The lowest BCUT2D eigenvalue weighted by atomic mass is 9.94. The van der Waals surface area contributed by atoms with Gasteiger partial charge in [-0.2, -0.15) is 5.10 Å². The number of carbonyl (C=O) groups is 1. The Hall–Kier alpha value is -5.27. The van der Waals surface area contributed by atoms with Crippen molar-refractivity contribution in [2.24, 2.45) is 5.92 Å². The summed E-state index contributed by atoms with van der Waals surface area (Å²) in [7, 11) is 3.90. The van der Waals surface area contributed by atoms with Gasteiger partial charge in [-0.1, -0.05) is 0 Å². The van der Waals surface area contributed by atoms with Crippen LogP contribution in [0.2, 0.25) is 0 Å². The number of nitrogens with zero attached hydrogens (tertiary/aromatic N) is 6. The van der Waals surface area contributed by atoms with Crippen molar-refractivity contribution in [3.05, 3.63) is 67.0 Å². The number of ether oxygens (including phenoxy) is 1. The molecule has 0 saturated carbocycles. The van der Waals surface area contributed by atoms with E-state index in [1.165, 1.54) is 12.1 Å². The summed E-state index contributed by atoms with van der Waals surface area (Å²) in [6, 6.07) is 10.2. The number of likely N-dealkylation sites (N-methyl/N-ethyl adjacent to an activating group) is 1. The summed E-state index contributed by atoms with van der Waals surface area (Å²) >= 11 is 0. The predicted octanol–water partition coefficient (Wildman–Crippen LogP) is 5.03. The molecule has 0 bridgehead atoms. The first-order valence-electron chi connectivity index (χ1n) is 15.6. The van der Waals surface area contributed by atoms with Crippen LogP contribution in [0.4, 0.5) is 10.1 Å². The number of piperidine rings is 1. The zero-order valence-electron chi connectivity index (χ0n) is 26.2. The molecular weight excluding hydrogens is 599 g/mol. The lowest BCUT2D eigenvalue weighted by Gasteiger charge is -2.21. The van der Waals surface area contributed by atoms with Crippen LogP contribution in [0.3, 0.4) is 0 Å². The van der Waals surface area contributed by atoms with Crippen molar-refractivity contribution < 1.29 is 13.9 Å². The Bertz CT molecular complexity index is 2050. The fourth-order valence-corrected chi connectivity index (χ4v) is 5.86. The Morgan fingerprint density at radius 1 is 1.02 bits per heavy atom. The second kappa shape index (κ2) is 13.2. The molecule has 12 nitrogen and oxygen atoms in total. The van der Waals surface area contributed by atoms with E-state index in [0.717, 1.165) is 48.0 Å². The number of hydrogen-bond acceptors (Lipinski definition) is 9. The van der Waals surface area contributed by atoms with Crippen molar-refractivity contribution in [3.8, 4) is 39.7 Å². The molecule has 7 rings (SSSR count). The number of H-pyrrole nitrogens is 2. The molecule has 1 aliphatic rings. The number of benzene rings is 1. The lowest BCUT2D eigenvalue weighted by Crippen LogP contribution is -2.30. The van der Waals surface area contributed by atoms with Crippen molar-refractivity contribution in [3.63, 3.8) is 0 Å². The second-order valence-corrected chi connectivity index (χ2v) is 12.1. The summed E-state index contributed by atoms with van der Waals surface area (Å²) in [6.45, 7) is 3.03. The number of aromatic nitrogens is 7. The third-order valence-corrected chi connectivity index (χ3v) is 8.28. The van der Waals surface area contributed by atoms with Gasteiger partial charge in [0.15, 0.2) is 11.5 Å². The number of amides is 1. The molecule has 5 aromatic heterocycles. The standard InChI is InChI=1S/C34H35FN10O2/c1-45(2)9-10-47-26-14-21(12-24(35)16-26)30-32-28(5-8-38-30)41-34(42-32)31-27-15-23(18-39-33(27)44-43-31)22-13-25(19-37-17-22)40-29(46)11-20-3-6-36-7-4-20/h5,8,12-20,36H,3-4,6-7,9-11H2,1-2H3,(H,40,46)(H,41,42)(H,39,43,44). The van der Waals surface area contributed by atoms with E-state index in [2.05, 4.69) is 40.8 Å². The highest BCUT2D eigenvalue weighted by molar-refractivity contribution is 5.96.